The summed E-state index contributed by atoms with van der Waals surface area (Å²) in [6, 6.07) is 2.40. The predicted octanol–water partition coefficient (Wildman–Crippen LogP) is 5.47. The Kier molecular flexibility index (Phi) is 17.6. The van der Waals surface area contributed by atoms with E-state index in [1.807, 2.05) is 6.92 Å². The van der Waals surface area contributed by atoms with Gasteiger partial charge in [-0.1, -0.05) is 77.3 Å². The van der Waals surface area contributed by atoms with Crippen LogP contribution in [0.5, 0.6) is 0 Å². The van der Waals surface area contributed by atoms with Crippen LogP contribution in [0.15, 0.2) is 41.0 Å². The van der Waals surface area contributed by atoms with Crippen molar-refractivity contribution < 1.29 is 28.7 Å². The highest BCUT2D eigenvalue weighted by atomic mass is 32.2. The van der Waals surface area contributed by atoms with Gasteiger partial charge >= 0.3 is 5.97 Å². The first-order chi connectivity index (χ1) is 21.6. The van der Waals surface area contributed by atoms with Crippen LogP contribution in [0.4, 0.5) is 0 Å². The van der Waals surface area contributed by atoms with E-state index in [0.717, 1.165) is 29.9 Å². The van der Waals surface area contributed by atoms with Crippen LogP contribution in [0.3, 0.4) is 0 Å². The predicted molar refractivity (Wildman–Crippen MR) is 180 cm³/mol. The third-order valence-corrected chi connectivity index (χ3v) is 8.71. The number of unbranched alkanes of at least 4 members (excludes halogenated alkanes) is 4. The van der Waals surface area contributed by atoms with Gasteiger partial charge in [-0.3, -0.25) is 19.2 Å². The van der Waals surface area contributed by atoms with Crippen molar-refractivity contribution in [3.63, 3.8) is 0 Å². The lowest BCUT2D eigenvalue weighted by molar-refractivity contribution is -0.153. The normalized spacial score (nSPS) is 19.4. The molecule has 2 bridgehead atoms. The summed E-state index contributed by atoms with van der Waals surface area (Å²) < 4.78 is 5.74. The second kappa shape index (κ2) is 20.8. The first kappa shape index (κ1) is 38.1. The summed E-state index contributed by atoms with van der Waals surface area (Å²) in [5.41, 5.74) is 0.548. The van der Waals surface area contributed by atoms with Gasteiger partial charge in [-0.05, 0) is 49.6 Å². The van der Waals surface area contributed by atoms with E-state index in [4.69, 9.17) is 4.74 Å². The average molecular weight is 661 g/mol. The van der Waals surface area contributed by atoms with Crippen LogP contribution in [0.25, 0.3) is 0 Å². The van der Waals surface area contributed by atoms with E-state index in [1.54, 1.807) is 45.1 Å². The summed E-state index contributed by atoms with van der Waals surface area (Å²) in [6.45, 7) is 9.33. The van der Waals surface area contributed by atoms with E-state index in [1.165, 1.54) is 42.4 Å². The van der Waals surface area contributed by atoms with Gasteiger partial charge in [-0.2, -0.15) is 0 Å². The Morgan fingerprint density at radius 1 is 1.09 bits per heavy atom. The van der Waals surface area contributed by atoms with Crippen molar-refractivity contribution in [3.05, 3.63) is 47.4 Å². The number of aromatic nitrogens is 1. The number of cyclic esters (lactones) is 1. The Hall–Kier alpha value is -3.12. The van der Waals surface area contributed by atoms with E-state index in [2.05, 4.69) is 27.9 Å². The number of carbonyl (C=O) groups excluding carboxylic acids is 5. The summed E-state index contributed by atoms with van der Waals surface area (Å²) in [7, 11) is 0. The number of esters is 1. The molecule has 0 fully saturated rings. The molecule has 1 aromatic rings. The van der Waals surface area contributed by atoms with Gasteiger partial charge < -0.3 is 20.7 Å². The summed E-state index contributed by atoms with van der Waals surface area (Å²) in [4.78, 5) is 69.9. The molecule has 248 valence electrons. The number of carbonyl (C=O) groups is 5. The number of amides is 3. The van der Waals surface area contributed by atoms with Crippen molar-refractivity contribution in [1.82, 2.24) is 20.9 Å². The van der Waals surface area contributed by atoms with Crippen LogP contribution >= 0.6 is 23.5 Å². The van der Waals surface area contributed by atoms with Gasteiger partial charge in [0.2, 0.25) is 5.91 Å². The first-order valence-electron chi connectivity index (χ1n) is 15.8. The van der Waals surface area contributed by atoms with Crippen molar-refractivity contribution in [3.8, 4) is 0 Å². The number of hydrogen-bond donors (Lipinski definition) is 3. The van der Waals surface area contributed by atoms with Crippen LogP contribution in [-0.2, 0) is 30.5 Å². The number of thioether (sulfide) groups is 2. The number of allylic oxidation sites excluding steroid dienone is 2. The first-order valence-corrected chi connectivity index (χ1v) is 17.8. The zero-order valence-corrected chi connectivity index (χ0v) is 28.7. The number of hydrogen-bond acceptors (Lipinski definition) is 9. The van der Waals surface area contributed by atoms with Gasteiger partial charge in [0, 0.05) is 17.1 Å². The topological polar surface area (TPSA) is 144 Å². The van der Waals surface area contributed by atoms with Gasteiger partial charge in [0.05, 0.1) is 18.7 Å². The molecule has 2 rings (SSSR count). The van der Waals surface area contributed by atoms with Crippen LogP contribution in [0, 0.1) is 5.92 Å². The fourth-order valence-corrected chi connectivity index (χ4v) is 5.95. The maximum absolute atomic E-state index is 13.3. The summed E-state index contributed by atoms with van der Waals surface area (Å²) in [5.74, 6) is -1.30. The smallest absolute Gasteiger partial charge is 0.329 e. The largest absolute Gasteiger partial charge is 0.456 e. The fourth-order valence-electron chi connectivity index (χ4n) is 4.43. The highest BCUT2D eigenvalue weighted by molar-refractivity contribution is 8.13. The second-order valence-electron chi connectivity index (χ2n) is 11.0. The van der Waals surface area contributed by atoms with E-state index < -0.39 is 29.9 Å². The van der Waals surface area contributed by atoms with Crippen LogP contribution in [-0.4, -0.2) is 57.4 Å². The molecule has 1 aliphatic rings. The van der Waals surface area contributed by atoms with E-state index in [0.29, 0.717) is 24.3 Å². The molecule has 0 spiro atoms. The molecule has 12 heteroatoms. The zero-order chi connectivity index (χ0) is 33.2. The number of rotatable bonds is 13. The molecule has 0 saturated carbocycles. The highest BCUT2D eigenvalue weighted by Crippen LogP contribution is 2.20. The number of ether oxygens (including phenoxy) is 1. The van der Waals surface area contributed by atoms with Crippen molar-refractivity contribution >= 4 is 52.3 Å². The van der Waals surface area contributed by atoms with Gasteiger partial charge in [0.25, 0.3) is 11.8 Å². The Morgan fingerprint density at radius 3 is 2.53 bits per heavy atom. The minimum Gasteiger partial charge on any atom is -0.456 e. The Morgan fingerprint density at radius 2 is 1.84 bits per heavy atom. The monoisotopic (exact) mass is 660 g/mol. The minimum atomic E-state index is -1.03. The van der Waals surface area contributed by atoms with Crippen molar-refractivity contribution in [2.75, 3.05) is 11.5 Å². The van der Waals surface area contributed by atoms with Gasteiger partial charge in [-0.15, -0.1) is 11.8 Å². The lowest BCUT2D eigenvalue weighted by Crippen LogP contribution is -2.48. The van der Waals surface area contributed by atoms with E-state index in [9.17, 15) is 24.0 Å². The molecular formula is C33H48N4O6S2. The molecule has 0 aliphatic carbocycles. The standard InChI is InChI=1S/C33H48N4O6S2/c1-6-9-10-11-12-16-29(39)45-17-14-13-15-24-19-28(38)34-21-23-18-25(44-8-3)20-27(35-23)32(41)36-26(7-2)31(40)37-30(22(4)5)33(42)43-24/h7,13,15,18,20,22,24,30H,6,8-12,14,16-17,19,21H2,1-5H3,(H,34,38)(H,36,41)(H,37,40)/b15-13+,26-7-/t24-,30+/m1/s1. The summed E-state index contributed by atoms with van der Waals surface area (Å²) in [6.07, 6.45) is 10.5. The molecule has 10 nitrogen and oxygen atoms in total. The Bertz CT molecular complexity index is 1230. The highest BCUT2D eigenvalue weighted by Gasteiger charge is 2.30. The SMILES string of the molecule is C/C=C1\NC(=O)c2cc(SCC)cc(n2)CNC(=O)C[C@@H](/C=C/CCSC(=O)CCCCCCC)OC(=O)[C@H](C(C)C)NC1=O. The van der Waals surface area contributed by atoms with Gasteiger partial charge in [0.1, 0.15) is 23.5 Å². The zero-order valence-electron chi connectivity index (χ0n) is 27.1. The van der Waals surface area contributed by atoms with Crippen LogP contribution in [0.1, 0.15) is 102 Å². The molecule has 0 radical (unpaired) electrons. The van der Waals surface area contributed by atoms with Crippen LogP contribution in [0.2, 0.25) is 0 Å². The molecular weight excluding hydrogens is 613 g/mol. The summed E-state index contributed by atoms with van der Waals surface area (Å²) >= 11 is 2.81. The Balaban J connectivity index is 2.22. The third kappa shape index (κ3) is 14.2. The molecule has 0 aromatic carbocycles. The maximum atomic E-state index is 13.3. The molecule has 45 heavy (non-hydrogen) atoms. The quantitative estimate of drug-likeness (QED) is 0.0826. The number of nitrogens with zero attached hydrogens (tertiary/aromatic N) is 1. The molecule has 3 amide bonds. The van der Waals surface area contributed by atoms with Gasteiger partial charge in [0.15, 0.2) is 5.12 Å². The molecule has 3 N–H and O–H groups in total. The lowest BCUT2D eigenvalue weighted by atomic mass is 10.0. The lowest BCUT2D eigenvalue weighted by Gasteiger charge is -2.24. The maximum Gasteiger partial charge on any atom is 0.329 e. The molecule has 2 atom stereocenters. The molecule has 2 heterocycles. The molecule has 0 unspecified atom stereocenters. The average Bonchev–Trinajstić information content (AvgIpc) is 3.00. The second-order valence-corrected chi connectivity index (χ2v) is 13.5. The molecule has 0 saturated heterocycles. The van der Waals surface area contributed by atoms with Crippen LogP contribution < -0.4 is 16.0 Å². The Labute approximate surface area is 275 Å². The number of pyridine rings is 1. The number of nitrogens with one attached hydrogen (secondary N) is 3. The van der Waals surface area contributed by atoms with Crippen molar-refractivity contribution in [2.24, 2.45) is 5.92 Å². The summed E-state index contributed by atoms with van der Waals surface area (Å²) in [5, 5.41) is 8.25. The minimum absolute atomic E-state index is 0.0276. The fraction of sp³-hybridized carbons (Fsp3) is 0.576. The van der Waals surface area contributed by atoms with Crippen molar-refractivity contribution in [1.29, 1.82) is 0 Å². The van der Waals surface area contributed by atoms with E-state index in [-0.39, 0.29) is 41.3 Å². The number of fused-ring (bicyclic) bond motifs is 2. The molecule has 1 aliphatic heterocycles. The van der Waals surface area contributed by atoms with E-state index >= 15 is 0 Å². The third-order valence-electron chi connectivity index (χ3n) is 6.89. The molecule has 1 aromatic heterocycles. The van der Waals surface area contributed by atoms with Gasteiger partial charge in [-0.25, -0.2) is 9.78 Å². The van der Waals surface area contributed by atoms with Crippen molar-refractivity contribution in [2.45, 2.75) is 110 Å².